The number of hydrogen-bond donors (Lipinski definition) is 1. The monoisotopic (exact) mass is 551 g/mol. The number of rotatable bonds is 35. The molecule has 0 atom stereocenters. The molecule has 0 aliphatic carbocycles. The lowest BCUT2D eigenvalue weighted by Gasteiger charge is -2.05. The maximum Gasteiger partial charge on any atom is 0.0431 e. The van der Waals surface area contributed by atoms with Gasteiger partial charge in [0.2, 0.25) is 0 Å². The van der Waals surface area contributed by atoms with Gasteiger partial charge in [0.25, 0.3) is 0 Å². The molecule has 1 heteroatoms. The van der Waals surface area contributed by atoms with Gasteiger partial charge in [-0.25, -0.2) is 0 Å². The molecule has 0 heterocycles. The molecule has 0 saturated heterocycles. The first-order chi connectivity index (χ1) is 19.3. The lowest BCUT2D eigenvalue weighted by atomic mass is 10.0. The van der Waals surface area contributed by atoms with Crippen molar-refractivity contribution < 1.29 is 5.11 Å². The SMILES string of the molecule is CC(C)CCCCCCCCCCCCCCCCCCCCCCCCCCCCCCCCCCCO. The standard InChI is InChI=1S/C38H78O/c1-38(2)36-34-32-30-28-26-24-22-20-18-16-14-12-10-8-6-4-3-5-7-9-11-13-15-17-19-21-23-25-27-29-31-33-35-37-39/h38-39H,3-37H2,1-2H3. The summed E-state index contributed by atoms with van der Waals surface area (Å²) in [6, 6.07) is 0. The van der Waals surface area contributed by atoms with Crippen LogP contribution in [0.4, 0.5) is 0 Å². The van der Waals surface area contributed by atoms with Crippen LogP contribution in [-0.2, 0) is 0 Å². The van der Waals surface area contributed by atoms with Gasteiger partial charge in [0.15, 0.2) is 0 Å². The van der Waals surface area contributed by atoms with Gasteiger partial charge in [0.05, 0.1) is 0 Å². The van der Waals surface area contributed by atoms with Crippen molar-refractivity contribution in [2.24, 2.45) is 5.92 Å². The molecule has 0 amide bonds. The second-order valence-corrected chi connectivity index (χ2v) is 13.6. The van der Waals surface area contributed by atoms with Crippen LogP contribution in [0.3, 0.4) is 0 Å². The minimum atomic E-state index is 0.374. The van der Waals surface area contributed by atoms with Crippen LogP contribution in [0.15, 0.2) is 0 Å². The van der Waals surface area contributed by atoms with E-state index in [0.29, 0.717) is 6.61 Å². The highest BCUT2D eigenvalue weighted by atomic mass is 16.2. The largest absolute Gasteiger partial charge is 0.396 e. The topological polar surface area (TPSA) is 20.2 Å². The van der Waals surface area contributed by atoms with Gasteiger partial charge < -0.3 is 5.11 Å². The fourth-order valence-electron chi connectivity index (χ4n) is 6.14. The molecule has 0 radical (unpaired) electrons. The highest BCUT2D eigenvalue weighted by molar-refractivity contribution is 4.53. The average molecular weight is 551 g/mol. The van der Waals surface area contributed by atoms with Crippen molar-refractivity contribution >= 4 is 0 Å². The Morgan fingerprint density at radius 2 is 0.410 bits per heavy atom. The normalized spacial score (nSPS) is 11.7. The summed E-state index contributed by atoms with van der Waals surface area (Å²) in [7, 11) is 0. The van der Waals surface area contributed by atoms with Crippen LogP contribution in [0.1, 0.15) is 232 Å². The molecule has 0 bridgehead atoms. The van der Waals surface area contributed by atoms with Crippen molar-refractivity contribution in [3.05, 3.63) is 0 Å². The van der Waals surface area contributed by atoms with Crippen molar-refractivity contribution in [1.82, 2.24) is 0 Å². The van der Waals surface area contributed by atoms with E-state index in [1.165, 1.54) is 212 Å². The molecule has 1 N–H and O–H groups in total. The molecule has 236 valence electrons. The Morgan fingerprint density at radius 1 is 0.256 bits per heavy atom. The molecular formula is C38H78O. The summed E-state index contributed by atoms with van der Waals surface area (Å²) < 4.78 is 0. The molecule has 0 saturated carbocycles. The lowest BCUT2D eigenvalue weighted by molar-refractivity contribution is 0.282. The van der Waals surface area contributed by atoms with Crippen LogP contribution in [0.25, 0.3) is 0 Å². The summed E-state index contributed by atoms with van der Waals surface area (Å²) in [5.41, 5.74) is 0. The molecule has 39 heavy (non-hydrogen) atoms. The number of hydrogen-bond acceptors (Lipinski definition) is 1. The predicted octanol–water partition coefficient (Wildman–Crippen LogP) is 13.9. The molecule has 0 rings (SSSR count). The highest BCUT2D eigenvalue weighted by Crippen LogP contribution is 2.17. The zero-order chi connectivity index (χ0) is 28.3. The average Bonchev–Trinajstić information content (AvgIpc) is 2.93. The van der Waals surface area contributed by atoms with Gasteiger partial charge in [-0.15, -0.1) is 0 Å². The Bertz CT molecular complexity index is 404. The van der Waals surface area contributed by atoms with E-state index in [9.17, 15) is 0 Å². The van der Waals surface area contributed by atoms with Crippen LogP contribution >= 0.6 is 0 Å². The van der Waals surface area contributed by atoms with Gasteiger partial charge >= 0.3 is 0 Å². The summed E-state index contributed by atoms with van der Waals surface area (Å²) in [6.45, 7) is 5.07. The summed E-state index contributed by atoms with van der Waals surface area (Å²) >= 11 is 0. The third-order valence-electron chi connectivity index (χ3n) is 8.94. The Labute approximate surface area is 249 Å². The Morgan fingerprint density at radius 3 is 0.564 bits per heavy atom. The van der Waals surface area contributed by atoms with Crippen molar-refractivity contribution in [3.8, 4) is 0 Å². The Hall–Kier alpha value is -0.0400. The van der Waals surface area contributed by atoms with Gasteiger partial charge in [-0.3, -0.25) is 0 Å². The number of aliphatic hydroxyl groups is 1. The van der Waals surface area contributed by atoms with Gasteiger partial charge in [-0.1, -0.05) is 226 Å². The van der Waals surface area contributed by atoms with E-state index in [1.807, 2.05) is 0 Å². The smallest absolute Gasteiger partial charge is 0.0431 e. The predicted molar refractivity (Wildman–Crippen MR) is 179 cm³/mol. The van der Waals surface area contributed by atoms with Crippen molar-refractivity contribution in [3.63, 3.8) is 0 Å². The van der Waals surface area contributed by atoms with Crippen LogP contribution < -0.4 is 0 Å². The van der Waals surface area contributed by atoms with Crippen LogP contribution in [0.5, 0.6) is 0 Å². The molecule has 0 spiro atoms. The zero-order valence-electron chi connectivity index (χ0n) is 27.8. The van der Waals surface area contributed by atoms with Crippen molar-refractivity contribution in [2.45, 2.75) is 232 Å². The van der Waals surface area contributed by atoms with E-state index < -0.39 is 0 Å². The maximum atomic E-state index is 8.79. The lowest BCUT2D eigenvalue weighted by Crippen LogP contribution is -1.87. The highest BCUT2D eigenvalue weighted by Gasteiger charge is 1.98. The molecule has 0 aliphatic heterocycles. The van der Waals surface area contributed by atoms with E-state index in [2.05, 4.69) is 13.8 Å². The molecule has 0 aromatic heterocycles. The van der Waals surface area contributed by atoms with Crippen molar-refractivity contribution in [2.75, 3.05) is 6.61 Å². The van der Waals surface area contributed by atoms with E-state index in [4.69, 9.17) is 5.11 Å². The maximum absolute atomic E-state index is 8.79. The molecule has 0 aliphatic rings. The first-order valence-electron chi connectivity index (χ1n) is 18.9. The van der Waals surface area contributed by atoms with Gasteiger partial charge in [-0.2, -0.15) is 0 Å². The summed E-state index contributed by atoms with van der Waals surface area (Å²) in [5.74, 6) is 0.894. The van der Waals surface area contributed by atoms with Crippen LogP contribution in [0, 0.1) is 5.92 Å². The molecule has 0 unspecified atom stereocenters. The summed E-state index contributed by atoms with van der Waals surface area (Å²) in [4.78, 5) is 0. The van der Waals surface area contributed by atoms with Gasteiger partial charge in [0.1, 0.15) is 0 Å². The van der Waals surface area contributed by atoms with Crippen LogP contribution in [-0.4, -0.2) is 11.7 Å². The summed E-state index contributed by atoms with van der Waals surface area (Å²) in [6.07, 6.45) is 49.1. The Balaban J connectivity index is 3.02. The summed E-state index contributed by atoms with van der Waals surface area (Å²) in [5, 5.41) is 8.79. The molecule has 0 fully saturated rings. The van der Waals surface area contributed by atoms with E-state index >= 15 is 0 Å². The van der Waals surface area contributed by atoms with Gasteiger partial charge in [0, 0.05) is 6.61 Å². The number of unbranched alkanes of at least 4 members (excludes halogenated alkanes) is 32. The number of aliphatic hydroxyl groups excluding tert-OH is 1. The van der Waals surface area contributed by atoms with Crippen molar-refractivity contribution in [1.29, 1.82) is 0 Å². The van der Waals surface area contributed by atoms with E-state index in [0.717, 1.165) is 12.3 Å². The second-order valence-electron chi connectivity index (χ2n) is 13.6. The van der Waals surface area contributed by atoms with E-state index in [-0.39, 0.29) is 0 Å². The minimum absolute atomic E-state index is 0.374. The third-order valence-corrected chi connectivity index (χ3v) is 8.94. The first kappa shape index (κ1) is 39.0. The fraction of sp³-hybridized carbons (Fsp3) is 1.00. The minimum Gasteiger partial charge on any atom is -0.396 e. The zero-order valence-corrected chi connectivity index (χ0v) is 27.8. The molecule has 0 aromatic rings. The van der Waals surface area contributed by atoms with Gasteiger partial charge in [-0.05, 0) is 12.3 Å². The fourth-order valence-corrected chi connectivity index (χ4v) is 6.14. The molecule has 0 aromatic carbocycles. The first-order valence-corrected chi connectivity index (χ1v) is 18.9. The second kappa shape index (κ2) is 36.0. The van der Waals surface area contributed by atoms with E-state index in [1.54, 1.807) is 0 Å². The van der Waals surface area contributed by atoms with Crippen LogP contribution in [0.2, 0.25) is 0 Å². The Kier molecular flexibility index (Phi) is 35.9. The quantitative estimate of drug-likeness (QED) is 0.0778. The molecule has 1 nitrogen and oxygen atoms in total. The third kappa shape index (κ3) is 38.0. The molecular weight excluding hydrogens is 472 g/mol.